The average Bonchev–Trinajstić information content (AvgIpc) is 2.99. The van der Waals surface area contributed by atoms with E-state index in [1.807, 2.05) is 60.7 Å². The largest absolute Gasteiger partial charge is 0.355 e. The summed E-state index contributed by atoms with van der Waals surface area (Å²) < 4.78 is 0. The van der Waals surface area contributed by atoms with Gasteiger partial charge in [-0.05, 0) is 49.9 Å². The number of benzene rings is 2. The van der Waals surface area contributed by atoms with E-state index in [4.69, 9.17) is 0 Å². The zero-order valence-corrected chi connectivity index (χ0v) is 25.8. The summed E-state index contributed by atoms with van der Waals surface area (Å²) in [5, 5.41) is 17.1. The minimum atomic E-state index is -0.204. The fourth-order valence-electron chi connectivity index (χ4n) is 3.75. The number of anilines is 2. The molecule has 0 heterocycles. The summed E-state index contributed by atoms with van der Waals surface area (Å²) >= 11 is 0. The number of rotatable bonds is 21. The molecule has 0 fully saturated rings. The third-order valence-corrected chi connectivity index (χ3v) is 8.08. The number of carbonyl (C=O) groups excluding carboxylic acids is 4. The molecule has 10 nitrogen and oxygen atoms in total. The van der Waals surface area contributed by atoms with Gasteiger partial charge in [0.2, 0.25) is 11.8 Å². The third-order valence-electron chi connectivity index (χ3n) is 5.95. The molecule has 0 unspecified atom stereocenters. The highest BCUT2D eigenvalue weighted by atomic mass is 33.1. The van der Waals surface area contributed by atoms with Gasteiger partial charge >= 0.3 is 12.1 Å². The number of unbranched alkanes of at least 4 members (excludes halogenated alkanes) is 6. The van der Waals surface area contributed by atoms with E-state index in [9.17, 15) is 19.2 Å². The van der Waals surface area contributed by atoms with Crippen LogP contribution in [0.25, 0.3) is 0 Å². The Labute approximate surface area is 257 Å². The summed E-state index contributed by atoms with van der Waals surface area (Å²) in [7, 11) is 2.76. The lowest BCUT2D eigenvalue weighted by Crippen LogP contribution is -2.29. The monoisotopic (exact) mass is 616 g/mol. The highest BCUT2D eigenvalue weighted by Crippen LogP contribution is 2.20. The molecule has 0 spiro atoms. The molecule has 2 rings (SSSR count). The zero-order chi connectivity index (χ0) is 30.1. The molecule has 0 aliphatic carbocycles. The smallest absolute Gasteiger partial charge is 0.319 e. The first-order valence-electron chi connectivity index (χ1n) is 14.5. The Hall–Kier alpha value is -3.38. The van der Waals surface area contributed by atoms with Crippen molar-refractivity contribution >= 4 is 56.8 Å². The fourth-order valence-corrected chi connectivity index (χ4v) is 5.48. The highest BCUT2D eigenvalue weighted by molar-refractivity contribution is 8.77. The van der Waals surface area contributed by atoms with Crippen molar-refractivity contribution in [2.75, 3.05) is 48.3 Å². The van der Waals surface area contributed by atoms with Gasteiger partial charge in [0.15, 0.2) is 0 Å². The van der Waals surface area contributed by atoms with Gasteiger partial charge in [0.05, 0.1) is 11.5 Å². The van der Waals surface area contributed by atoms with Gasteiger partial charge in [0, 0.05) is 37.6 Å². The number of hydrogen-bond donors (Lipinski definition) is 6. The van der Waals surface area contributed by atoms with Crippen LogP contribution in [0.15, 0.2) is 60.7 Å². The van der Waals surface area contributed by atoms with Crippen LogP contribution in [0.2, 0.25) is 0 Å². The van der Waals surface area contributed by atoms with Crippen molar-refractivity contribution in [2.24, 2.45) is 0 Å². The SMILES string of the molecule is O=C(CSSCC(=O)NCCCCCCNC(=O)Nc1ccccc1)NCCCCCCNC(=O)Nc1ccccc1. The van der Waals surface area contributed by atoms with Crippen LogP contribution in [-0.2, 0) is 9.59 Å². The lowest BCUT2D eigenvalue weighted by atomic mass is 10.2. The van der Waals surface area contributed by atoms with E-state index in [0.29, 0.717) is 37.7 Å². The van der Waals surface area contributed by atoms with Crippen LogP contribution in [-0.4, -0.2) is 61.6 Å². The molecule has 0 aliphatic heterocycles. The normalized spacial score (nSPS) is 10.4. The lowest BCUT2D eigenvalue weighted by Gasteiger charge is -2.08. The fraction of sp³-hybridized carbons (Fsp3) is 0.467. The highest BCUT2D eigenvalue weighted by Gasteiger charge is 2.05. The Morgan fingerprint density at radius 3 is 1.14 bits per heavy atom. The van der Waals surface area contributed by atoms with Crippen molar-refractivity contribution < 1.29 is 19.2 Å². The number of amides is 6. The number of para-hydroxylation sites is 2. The van der Waals surface area contributed by atoms with Gasteiger partial charge in [-0.2, -0.15) is 0 Å². The van der Waals surface area contributed by atoms with E-state index in [2.05, 4.69) is 31.9 Å². The minimum absolute atomic E-state index is 0.0285. The molecule has 0 saturated carbocycles. The summed E-state index contributed by atoms with van der Waals surface area (Å²) in [6.45, 7) is 2.48. The zero-order valence-electron chi connectivity index (χ0n) is 24.1. The second-order valence-corrected chi connectivity index (χ2v) is 12.0. The van der Waals surface area contributed by atoms with Gasteiger partial charge in [-0.3, -0.25) is 9.59 Å². The molecule has 0 saturated heterocycles. The predicted molar refractivity (Wildman–Crippen MR) is 175 cm³/mol. The Bertz CT molecular complexity index is 963. The van der Waals surface area contributed by atoms with Crippen LogP contribution in [0.3, 0.4) is 0 Å². The van der Waals surface area contributed by atoms with Crippen LogP contribution >= 0.6 is 21.6 Å². The van der Waals surface area contributed by atoms with Gasteiger partial charge in [0.1, 0.15) is 0 Å². The Morgan fingerprint density at radius 1 is 0.452 bits per heavy atom. The van der Waals surface area contributed by atoms with Crippen molar-refractivity contribution in [3.63, 3.8) is 0 Å². The van der Waals surface area contributed by atoms with E-state index in [-0.39, 0.29) is 23.9 Å². The molecule has 0 aromatic heterocycles. The van der Waals surface area contributed by atoms with Crippen LogP contribution in [0.4, 0.5) is 21.0 Å². The Kier molecular flexibility index (Phi) is 19.2. The molecular weight excluding hydrogens is 573 g/mol. The maximum atomic E-state index is 12.0. The van der Waals surface area contributed by atoms with Crippen molar-refractivity contribution in [3.05, 3.63) is 60.7 Å². The second-order valence-electron chi connectivity index (χ2n) is 9.55. The maximum absolute atomic E-state index is 12.0. The molecule has 0 radical (unpaired) electrons. The summed E-state index contributed by atoms with van der Waals surface area (Å²) in [6, 6.07) is 18.2. The molecule has 0 aliphatic rings. The van der Waals surface area contributed by atoms with Crippen molar-refractivity contribution in [1.82, 2.24) is 21.3 Å². The van der Waals surface area contributed by atoms with E-state index in [1.165, 1.54) is 21.6 Å². The van der Waals surface area contributed by atoms with Crippen molar-refractivity contribution in [2.45, 2.75) is 51.4 Å². The van der Waals surface area contributed by atoms with E-state index in [0.717, 1.165) is 62.7 Å². The molecule has 230 valence electrons. The Balaban J connectivity index is 1.30. The summed E-state index contributed by atoms with van der Waals surface area (Å²) in [5.74, 6) is 0.574. The maximum Gasteiger partial charge on any atom is 0.319 e. The summed E-state index contributed by atoms with van der Waals surface area (Å²) in [5.41, 5.74) is 1.53. The molecule has 6 N–H and O–H groups in total. The van der Waals surface area contributed by atoms with E-state index >= 15 is 0 Å². The van der Waals surface area contributed by atoms with Gasteiger partial charge < -0.3 is 31.9 Å². The van der Waals surface area contributed by atoms with Crippen LogP contribution in [0.5, 0.6) is 0 Å². The second kappa shape index (κ2) is 23.2. The Morgan fingerprint density at radius 2 is 0.786 bits per heavy atom. The molecule has 0 bridgehead atoms. The molecular formula is C30H44N6O4S2. The quantitative estimate of drug-likeness (QED) is 0.0824. The van der Waals surface area contributed by atoms with Crippen LogP contribution in [0.1, 0.15) is 51.4 Å². The van der Waals surface area contributed by atoms with Gasteiger partial charge in [-0.1, -0.05) is 83.7 Å². The number of hydrogen-bond acceptors (Lipinski definition) is 6. The number of urea groups is 2. The van der Waals surface area contributed by atoms with Gasteiger partial charge in [0.25, 0.3) is 0 Å². The summed E-state index contributed by atoms with van der Waals surface area (Å²) in [4.78, 5) is 47.5. The molecule has 12 heteroatoms. The molecule has 0 atom stereocenters. The van der Waals surface area contributed by atoms with Gasteiger partial charge in [-0.25, -0.2) is 9.59 Å². The topological polar surface area (TPSA) is 140 Å². The lowest BCUT2D eigenvalue weighted by molar-refractivity contribution is -0.119. The predicted octanol–water partition coefficient (Wildman–Crippen LogP) is 5.36. The molecule has 2 aromatic rings. The standard InChI is InChI=1S/C30H44N6O4S2/c37-27(31-19-11-1-3-13-21-33-29(39)35-25-15-7-5-8-16-25)23-41-42-24-28(38)32-20-12-2-4-14-22-34-30(40)36-26-17-9-6-10-18-26/h5-10,15-18H,1-4,11-14,19-24H2,(H,31,37)(H,32,38)(H2,33,35,39)(H2,34,36,40). The van der Waals surface area contributed by atoms with E-state index in [1.54, 1.807) is 0 Å². The minimum Gasteiger partial charge on any atom is -0.355 e. The molecule has 42 heavy (non-hydrogen) atoms. The van der Waals surface area contributed by atoms with Crippen molar-refractivity contribution in [3.8, 4) is 0 Å². The average molecular weight is 617 g/mol. The first-order valence-corrected chi connectivity index (χ1v) is 17.0. The third kappa shape index (κ3) is 18.9. The van der Waals surface area contributed by atoms with E-state index < -0.39 is 0 Å². The number of carbonyl (C=O) groups is 4. The molecule has 6 amide bonds. The van der Waals surface area contributed by atoms with Crippen LogP contribution < -0.4 is 31.9 Å². The van der Waals surface area contributed by atoms with Crippen molar-refractivity contribution in [1.29, 1.82) is 0 Å². The number of nitrogens with one attached hydrogen (secondary N) is 6. The first-order chi connectivity index (χ1) is 20.5. The molecule has 2 aromatic carbocycles. The summed E-state index contributed by atoms with van der Waals surface area (Å²) in [6.07, 6.45) is 7.47. The first kappa shape index (κ1) is 34.8. The van der Waals surface area contributed by atoms with Crippen LogP contribution in [0, 0.1) is 0 Å². The van der Waals surface area contributed by atoms with Gasteiger partial charge in [-0.15, -0.1) is 0 Å².